The zero-order chi connectivity index (χ0) is 35.9. The Hall–Kier alpha value is -3.33. The molecule has 49 heavy (non-hydrogen) atoms. The first kappa shape index (κ1) is 41.8. The van der Waals surface area contributed by atoms with Crippen LogP contribution in [0.4, 0.5) is 0 Å². The molecular weight excluding hydrogens is 646 g/mol. The van der Waals surface area contributed by atoms with Crippen molar-refractivity contribution in [3.8, 4) is 18.1 Å². The molecule has 0 aliphatic carbocycles. The Kier molecular flexibility index (Phi) is 21.1. The van der Waals surface area contributed by atoms with Crippen LogP contribution in [0.5, 0.6) is 5.75 Å². The first-order valence-corrected chi connectivity index (χ1v) is 16.2. The lowest BCUT2D eigenvalue weighted by Crippen LogP contribution is -2.55. The van der Waals surface area contributed by atoms with Gasteiger partial charge in [0.05, 0.1) is 92.0 Å². The molecule has 15 nitrogen and oxygen atoms in total. The molecule has 0 unspecified atom stereocenters. The maximum absolute atomic E-state index is 13.2. The Morgan fingerprint density at radius 2 is 1.41 bits per heavy atom. The van der Waals surface area contributed by atoms with Gasteiger partial charge in [0, 0.05) is 19.4 Å². The summed E-state index contributed by atoms with van der Waals surface area (Å²) in [6.07, 6.45) is 2.02. The second-order valence-corrected chi connectivity index (χ2v) is 10.9. The van der Waals surface area contributed by atoms with Gasteiger partial charge in [0.1, 0.15) is 12.4 Å². The fraction of sp³-hybridized carbons (Fsp3) is 0.676. The summed E-state index contributed by atoms with van der Waals surface area (Å²) in [6, 6.07) is 4.57. The molecule has 0 radical (unpaired) electrons. The second-order valence-electron chi connectivity index (χ2n) is 10.9. The molecule has 1 aromatic rings. The summed E-state index contributed by atoms with van der Waals surface area (Å²) >= 11 is 0. The van der Waals surface area contributed by atoms with E-state index in [4.69, 9.17) is 53.8 Å². The van der Waals surface area contributed by atoms with Crippen molar-refractivity contribution in [3.05, 3.63) is 29.3 Å². The number of aliphatic hydroxyl groups is 1. The Morgan fingerprint density at radius 1 is 0.857 bits per heavy atom. The van der Waals surface area contributed by atoms with Crippen molar-refractivity contribution >= 4 is 17.8 Å². The van der Waals surface area contributed by atoms with Crippen LogP contribution in [0.25, 0.3) is 0 Å². The van der Waals surface area contributed by atoms with Gasteiger partial charge < -0.3 is 57.8 Å². The molecule has 1 heterocycles. The number of rotatable bonds is 25. The van der Waals surface area contributed by atoms with E-state index in [1.165, 1.54) is 26.2 Å². The van der Waals surface area contributed by atoms with E-state index in [2.05, 4.69) is 11.2 Å². The first-order chi connectivity index (χ1) is 23.7. The maximum atomic E-state index is 13.2. The van der Waals surface area contributed by atoms with Crippen molar-refractivity contribution in [1.29, 1.82) is 0 Å². The number of carbonyl (C=O) groups is 3. The van der Waals surface area contributed by atoms with Gasteiger partial charge in [-0.2, -0.15) is 0 Å². The molecule has 0 aromatic heterocycles. The standard InChI is InChI=1S/C34H51NO14/c1-6-10-41-12-14-43-16-18-45-20-21-46-19-17-44-15-13-42-11-9-35-32(38)28-22-27(23-36)7-8-29(28)48-34-31(47-26(4)37)25(3)24(2)30(49-34)33(39)40-5/h1,7-8,22,24-25,30-31,34,36H,9-21,23H2,2-5H3,(H,35,38)/t24-,25-,30-,31+,34+/m0/s1. The Morgan fingerprint density at radius 3 is 1.92 bits per heavy atom. The fourth-order valence-electron chi connectivity index (χ4n) is 4.65. The van der Waals surface area contributed by atoms with Crippen molar-refractivity contribution in [2.75, 3.05) is 92.9 Å². The highest BCUT2D eigenvalue weighted by Crippen LogP contribution is 2.35. The summed E-state index contributed by atoms with van der Waals surface area (Å²) in [5, 5.41) is 12.4. The van der Waals surface area contributed by atoms with Gasteiger partial charge in [-0.1, -0.05) is 25.8 Å². The van der Waals surface area contributed by atoms with Gasteiger partial charge >= 0.3 is 11.9 Å². The number of methoxy groups -OCH3 is 1. The third-order valence-electron chi connectivity index (χ3n) is 7.40. The van der Waals surface area contributed by atoms with E-state index < -0.39 is 36.3 Å². The van der Waals surface area contributed by atoms with Crippen LogP contribution in [-0.4, -0.2) is 134 Å². The minimum Gasteiger partial charge on any atom is -0.467 e. The van der Waals surface area contributed by atoms with Crippen molar-refractivity contribution in [3.63, 3.8) is 0 Å². The molecule has 0 spiro atoms. The van der Waals surface area contributed by atoms with Gasteiger partial charge in [0.25, 0.3) is 5.91 Å². The molecule has 2 N–H and O–H groups in total. The van der Waals surface area contributed by atoms with E-state index in [1.807, 2.05) is 6.92 Å². The van der Waals surface area contributed by atoms with Crippen molar-refractivity contribution in [2.24, 2.45) is 11.8 Å². The van der Waals surface area contributed by atoms with Crippen LogP contribution in [0.1, 0.15) is 36.7 Å². The number of esters is 2. The van der Waals surface area contributed by atoms with Crippen molar-refractivity contribution < 1.29 is 66.9 Å². The molecule has 5 atom stereocenters. The van der Waals surface area contributed by atoms with E-state index in [0.717, 1.165) is 0 Å². The van der Waals surface area contributed by atoms with Gasteiger partial charge in [-0.15, -0.1) is 6.42 Å². The quantitative estimate of drug-likeness (QED) is 0.0845. The lowest BCUT2D eigenvalue weighted by molar-refractivity contribution is -0.248. The second kappa shape index (κ2) is 24.7. The summed E-state index contributed by atoms with van der Waals surface area (Å²) < 4.78 is 54.7. The average molecular weight is 698 g/mol. The SMILES string of the molecule is C#CCOCCOCCOCCOCCOCCOCCNC(=O)c1cc(CO)ccc1O[C@@H]1O[C@H](C(=O)OC)[C@@H](C)[C@H](C)[C@H]1OC(C)=O. The number of hydrogen-bond donors (Lipinski definition) is 2. The third kappa shape index (κ3) is 15.8. The molecule has 1 aromatic carbocycles. The zero-order valence-electron chi connectivity index (χ0n) is 28.9. The average Bonchev–Trinajstić information content (AvgIpc) is 3.10. The predicted molar refractivity (Wildman–Crippen MR) is 174 cm³/mol. The Balaban J connectivity index is 1.70. The third-order valence-corrected chi connectivity index (χ3v) is 7.40. The Labute approximate surface area is 288 Å². The van der Waals surface area contributed by atoms with Crippen molar-refractivity contribution in [2.45, 2.75) is 45.9 Å². The lowest BCUT2D eigenvalue weighted by atomic mass is 9.83. The van der Waals surface area contributed by atoms with E-state index >= 15 is 0 Å². The maximum Gasteiger partial charge on any atom is 0.335 e. The zero-order valence-corrected chi connectivity index (χ0v) is 28.9. The molecular formula is C34H51NO14. The summed E-state index contributed by atoms with van der Waals surface area (Å²) in [7, 11) is 1.25. The molecule has 1 amide bonds. The molecule has 0 saturated carbocycles. The molecule has 1 aliphatic heterocycles. The molecule has 276 valence electrons. The highest BCUT2D eigenvalue weighted by molar-refractivity contribution is 5.97. The highest BCUT2D eigenvalue weighted by Gasteiger charge is 2.48. The monoisotopic (exact) mass is 697 g/mol. The van der Waals surface area contributed by atoms with Gasteiger partial charge in [0.15, 0.2) is 12.2 Å². The largest absolute Gasteiger partial charge is 0.467 e. The molecule has 0 bridgehead atoms. The van der Waals surface area contributed by atoms with Crippen molar-refractivity contribution in [1.82, 2.24) is 5.32 Å². The first-order valence-electron chi connectivity index (χ1n) is 16.2. The summed E-state index contributed by atoms with van der Waals surface area (Å²) in [6.45, 7) is 9.43. The summed E-state index contributed by atoms with van der Waals surface area (Å²) in [4.78, 5) is 37.5. The van der Waals surface area contributed by atoms with Gasteiger partial charge in [-0.3, -0.25) is 9.59 Å². The van der Waals surface area contributed by atoms with Crippen LogP contribution in [0.2, 0.25) is 0 Å². The van der Waals surface area contributed by atoms with Crippen LogP contribution < -0.4 is 10.1 Å². The topological polar surface area (TPSA) is 176 Å². The normalized spacial score (nSPS) is 20.3. The number of aliphatic hydroxyl groups excluding tert-OH is 1. The number of terminal acetylenes is 1. The van der Waals surface area contributed by atoms with Crippen LogP contribution >= 0.6 is 0 Å². The predicted octanol–water partition coefficient (Wildman–Crippen LogP) is 1.12. The summed E-state index contributed by atoms with van der Waals surface area (Å²) in [5.41, 5.74) is 0.587. The number of benzene rings is 1. The van der Waals surface area contributed by atoms with Crippen LogP contribution in [-0.2, 0) is 58.8 Å². The van der Waals surface area contributed by atoms with Crippen LogP contribution in [0.3, 0.4) is 0 Å². The van der Waals surface area contributed by atoms with Gasteiger partial charge in [-0.05, 0) is 23.6 Å². The number of carbonyl (C=O) groups excluding carboxylic acids is 3. The minimum atomic E-state index is -1.21. The smallest absolute Gasteiger partial charge is 0.335 e. The number of nitrogens with one attached hydrogen (secondary N) is 1. The van der Waals surface area contributed by atoms with Gasteiger partial charge in [-0.25, -0.2) is 4.79 Å². The fourth-order valence-corrected chi connectivity index (χ4v) is 4.65. The molecule has 1 aliphatic rings. The highest BCUT2D eigenvalue weighted by atomic mass is 16.7. The molecule has 1 fully saturated rings. The number of ether oxygens (including phenoxy) is 10. The van der Waals surface area contributed by atoms with Crippen LogP contribution in [0, 0.1) is 24.2 Å². The molecule has 15 heteroatoms. The van der Waals surface area contributed by atoms with E-state index in [1.54, 1.807) is 13.0 Å². The van der Waals surface area contributed by atoms with E-state index in [0.29, 0.717) is 71.6 Å². The Bertz CT molecular complexity index is 1160. The molecule has 2 rings (SSSR count). The van der Waals surface area contributed by atoms with E-state index in [-0.39, 0.29) is 49.5 Å². The number of amides is 1. The number of hydrogen-bond acceptors (Lipinski definition) is 14. The minimum absolute atomic E-state index is 0.109. The lowest BCUT2D eigenvalue weighted by Gasteiger charge is -2.42. The summed E-state index contributed by atoms with van der Waals surface area (Å²) in [5.74, 6) is 0.155. The molecule has 1 saturated heterocycles. The van der Waals surface area contributed by atoms with Gasteiger partial charge in [0.2, 0.25) is 6.29 Å². The van der Waals surface area contributed by atoms with E-state index in [9.17, 15) is 19.5 Å². The van der Waals surface area contributed by atoms with Crippen LogP contribution in [0.15, 0.2) is 18.2 Å².